The average molecular weight is 467 g/mol. The van der Waals surface area contributed by atoms with Crippen molar-refractivity contribution in [3.8, 4) is 0 Å². The minimum atomic E-state index is -4.64. The molecule has 1 aromatic heterocycles. The van der Waals surface area contributed by atoms with Gasteiger partial charge in [-0.3, -0.25) is 4.79 Å². The van der Waals surface area contributed by atoms with Gasteiger partial charge in [0.2, 0.25) is 5.91 Å². The predicted molar refractivity (Wildman–Crippen MR) is 117 cm³/mol. The molecule has 0 saturated heterocycles. The third kappa shape index (κ3) is 5.22. The van der Waals surface area contributed by atoms with Crippen LogP contribution in [0.3, 0.4) is 0 Å². The van der Waals surface area contributed by atoms with Gasteiger partial charge in [0.05, 0.1) is 22.0 Å². The van der Waals surface area contributed by atoms with Gasteiger partial charge in [-0.2, -0.15) is 13.2 Å². The van der Waals surface area contributed by atoms with Crippen molar-refractivity contribution in [1.29, 1.82) is 0 Å². The number of hydrogen-bond acceptors (Lipinski definition) is 5. The van der Waals surface area contributed by atoms with Crippen molar-refractivity contribution >= 4 is 51.7 Å². The SMILES string of the molecule is CC(Sc1nc(NC2CC2)c2ccccc2n1)C(=O)Nc1ccc(Cl)cc1C(F)(F)F. The van der Waals surface area contributed by atoms with Gasteiger partial charge in [-0.25, -0.2) is 9.97 Å². The summed E-state index contributed by atoms with van der Waals surface area (Å²) in [6, 6.07) is 11.1. The van der Waals surface area contributed by atoms with Gasteiger partial charge in [0.15, 0.2) is 5.16 Å². The predicted octanol–water partition coefficient (Wildman–Crippen LogP) is 6.00. The van der Waals surface area contributed by atoms with E-state index < -0.39 is 22.9 Å². The molecular formula is C21H18ClF3N4OS. The van der Waals surface area contributed by atoms with Crippen LogP contribution in [0, 0.1) is 0 Å². The monoisotopic (exact) mass is 466 g/mol. The van der Waals surface area contributed by atoms with Crippen LogP contribution in [0.2, 0.25) is 5.02 Å². The Morgan fingerprint density at radius 2 is 1.94 bits per heavy atom. The Morgan fingerprint density at radius 3 is 2.65 bits per heavy atom. The maximum absolute atomic E-state index is 13.3. The van der Waals surface area contributed by atoms with Crippen molar-refractivity contribution in [2.75, 3.05) is 10.6 Å². The lowest BCUT2D eigenvalue weighted by Crippen LogP contribution is -2.24. The summed E-state index contributed by atoms with van der Waals surface area (Å²) in [4.78, 5) is 21.7. The van der Waals surface area contributed by atoms with Crippen LogP contribution in [-0.2, 0) is 11.0 Å². The Morgan fingerprint density at radius 1 is 1.19 bits per heavy atom. The number of nitrogens with one attached hydrogen (secondary N) is 2. The third-order valence-corrected chi connectivity index (χ3v) is 5.89. The van der Waals surface area contributed by atoms with E-state index in [2.05, 4.69) is 20.6 Å². The molecule has 5 nitrogen and oxygen atoms in total. The highest BCUT2D eigenvalue weighted by atomic mass is 35.5. The number of anilines is 2. The van der Waals surface area contributed by atoms with Crippen molar-refractivity contribution in [2.45, 2.75) is 42.4 Å². The molecule has 2 N–H and O–H groups in total. The van der Waals surface area contributed by atoms with Gasteiger partial charge in [0.1, 0.15) is 5.82 Å². The number of aromatic nitrogens is 2. The lowest BCUT2D eigenvalue weighted by molar-refractivity contribution is -0.137. The Bertz CT molecular complexity index is 1140. The molecule has 1 amide bonds. The highest BCUT2D eigenvalue weighted by Gasteiger charge is 2.34. The van der Waals surface area contributed by atoms with Crippen LogP contribution < -0.4 is 10.6 Å². The van der Waals surface area contributed by atoms with Gasteiger partial charge in [0.25, 0.3) is 0 Å². The fourth-order valence-electron chi connectivity index (χ4n) is 2.95. The zero-order valence-electron chi connectivity index (χ0n) is 16.3. The molecule has 10 heteroatoms. The first kappa shape index (κ1) is 21.7. The molecule has 1 saturated carbocycles. The molecule has 4 rings (SSSR count). The van der Waals surface area contributed by atoms with Crippen molar-refractivity contribution in [3.05, 3.63) is 53.1 Å². The molecule has 1 fully saturated rings. The number of nitrogens with zero attached hydrogens (tertiary/aromatic N) is 2. The molecule has 1 atom stereocenters. The summed E-state index contributed by atoms with van der Waals surface area (Å²) in [6.07, 6.45) is -2.50. The van der Waals surface area contributed by atoms with Gasteiger partial charge >= 0.3 is 6.18 Å². The van der Waals surface area contributed by atoms with Crippen LogP contribution in [-0.4, -0.2) is 27.2 Å². The van der Waals surface area contributed by atoms with Gasteiger partial charge in [-0.05, 0) is 50.1 Å². The first-order valence-corrected chi connectivity index (χ1v) is 10.8. The summed E-state index contributed by atoms with van der Waals surface area (Å²) in [6.45, 7) is 1.59. The zero-order chi connectivity index (χ0) is 22.2. The number of fused-ring (bicyclic) bond motifs is 1. The number of alkyl halides is 3. The molecule has 162 valence electrons. The topological polar surface area (TPSA) is 66.9 Å². The minimum absolute atomic E-state index is 0.0620. The number of para-hydroxylation sites is 1. The Balaban J connectivity index is 1.54. The number of hydrogen-bond donors (Lipinski definition) is 2. The van der Waals surface area contributed by atoms with Crippen LogP contribution >= 0.6 is 23.4 Å². The summed E-state index contributed by atoms with van der Waals surface area (Å²) in [7, 11) is 0. The molecule has 0 spiro atoms. The van der Waals surface area contributed by atoms with Crippen molar-refractivity contribution in [3.63, 3.8) is 0 Å². The van der Waals surface area contributed by atoms with E-state index in [1.54, 1.807) is 6.92 Å². The molecule has 2 aromatic carbocycles. The first-order valence-electron chi connectivity index (χ1n) is 9.58. The number of thioether (sulfide) groups is 1. The molecule has 1 aliphatic carbocycles. The molecule has 1 unspecified atom stereocenters. The molecule has 3 aromatic rings. The average Bonchev–Trinajstić information content (AvgIpc) is 3.52. The molecule has 0 bridgehead atoms. The highest BCUT2D eigenvalue weighted by molar-refractivity contribution is 8.00. The minimum Gasteiger partial charge on any atom is -0.367 e. The number of benzene rings is 2. The molecule has 1 aliphatic rings. The largest absolute Gasteiger partial charge is 0.418 e. The van der Waals surface area contributed by atoms with E-state index in [0.717, 1.165) is 47.6 Å². The summed E-state index contributed by atoms with van der Waals surface area (Å²) in [5.74, 6) is 0.103. The van der Waals surface area contributed by atoms with Gasteiger partial charge in [0, 0.05) is 16.5 Å². The highest BCUT2D eigenvalue weighted by Crippen LogP contribution is 2.37. The van der Waals surface area contributed by atoms with Crippen LogP contribution in [0.5, 0.6) is 0 Å². The number of rotatable bonds is 6. The fourth-order valence-corrected chi connectivity index (χ4v) is 3.89. The number of carbonyl (C=O) groups is 1. The molecule has 0 radical (unpaired) electrons. The van der Waals surface area contributed by atoms with Crippen LogP contribution in [0.15, 0.2) is 47.6 Å². The fraction of sp³-hybridized carbons (Fsp3) is 0.286. The number of amides is 1. The van der Waals surface area contributed by atoms with E-state index >= 15 is 0 Å². The van der Waals surface area contributed by atoms with Crippen molar-refractivity contribution in [2.24, 2.45) is 0 Å². The Kier molecular flexibility index (Phi) is 5.98. The second kappa shape index (κ2) is 8.55. The molecule has 1 heterocycles. The van der Waals surface area contributed by atoms with Crippen molar-refractivity contribution in [1.82, 2.24) is 9.97 Å². The number of carbonyl (C=O) groups excluding carboxylic acids is 1. The van der Waals surface area contributed by atoms with E-state index in [9.17, 15) is 18.0 Å². The standard InChI is InChI=1S/C21H18ClF3N4OS/c1-11(19(30)27-17-9-6-12(22)10-15(17)21(23,24)25)31-20-28-16-5-3-2-4-14(16)18(29-20)26-13-7-8-13/h2-6,9-11,13H,7-8H2,1H3,(H,27,30)(H,26,28,29). The summed E-state index contributed by atoms with van der Waals surface area (Å²) in [5, 5.41) is 6.18. The van der Waals surface area contributed by atoms with E-state index in [0.29, 0.717) is 17.0 Å². The van der Waals surface area contributed by atoms with Gasteiger partial charge < -0.3 is 10.6 Å². The summed E-state index contributed by atoms with van der Waals surface area (Å²) < 4.78 is 39.9. The van der Waals surface area contributed by atoms with Gasteiger partial charge in [-0.15, -0.1) is 0 Å². The van der Waals surface area contributed by atoms with Crippen LogP contribution in [0.4, 0.5) is 24.7 Å². The second-order valence-electron chi connectivity index (χ2n) is 7.23. The number of halogens is 4. The first-order chi connectivity index (χ1) is 14.7. The molecule has 31 heavy (non-hydrogen) atoms. The van der Waals surface area contributed by atoms with Crippen molar-refractivity contribution < 1.29 is 18.0 Å². The molecular weight excluding hydrogens is 449 g/mol. The van der Waals surface area contributed by atoms with Crippen LogP contribution in [0.1, 0.15) is 25.3 Å². The van der Waals surface area contributed by atoms with Gasteiger partial charge in [-0.1, -0.05) is 35.5 Å². The molecule has 0 aliphatic heterocycles. The second-order valence-corrected chi connectivity index (χ2v) is 8.97. The maximum atomic E-state index is 13.3. The summed E-state index contributed by atoms with van der Waals surface area (Å²) in [5.41, 5.74) is -0.610. The normalized spacial score (nSPS) is 15.0. The van der Waals surface area contributed by atoms with E-state index in [1.165, 1.54) is 6.07 Å². The van der Waals surface area contributed by atoms with E-state index in [-0.39, 0.29) is 10.7 Å². The lowest BCUT2D eigenvalue weighted by Gasteiger charge is -2.17. The Labute approximate surface area is 185 Å². The smallest absolute Gasteiger partial charge is 0.367 e. The maximum Gasteiger partial charge on any atom is 0.418 e. The lowest BCUT2D eigenvalue weighted by atomic mass is 10.1. The Hall–Kier alpha value is -2.52. The van der Waals surface area contributed by atoms with E-state index in [4.69, 9.17) is 11.6 Å². The quantitative estimate of drug-likeness (QED) is 0.344. The third-order valence-electron chi connectivity index (χ3n) is 4.70. The summed E-state index contributed by atoms with van der Waals surface area (Å²) >= 11 is 6.78. The van der Waals surface area contributed by atoms with E-state index in [1.807, 2.05) is 24.3 Å². The zero-order valence-corrected chi connectivity index (χ0v) is 17.9. The van der Waals surface area contributed by atoms with Crippen LogP contribution in [0.25, 0.3) is 10.9 Å².